The van der Waals surface area contributed by atoms with Gasteiger partial charge in [-0.3, -0.25) is 4.79 Å². The lowest BCUT2D eigenvalue weighted by atomic mass is 10.1. The molecule has 2 aromatic rings. The van der Waals surface area contributed by atoms with Crippen LogP contribution in [0.1, 0.15) is 34.3 Å². The minimum absolute atomic E-state index is 0.194. The van der Waals surface area contributed by atoms with Gasteiger partial charge in [0, 0.05) is 32.2 Å². The van der Waals surface area contributed by atoms with E-state index in [1.165, 1.54) is 5.56 Å². The van der Waals surface area contributed by atoms with Crippen LogP contribution in [0.3, 0.4) is 0 Å². The lowest BCUT2D eigenvalue weighted by Crippen LogP contribution is -2.50. The lowest BCUT2D eigenvalue weighted by Gasteiger charge is -2.33. The Balaban J connectivity index is 1.53. The van der Waals surface area contributed by atoms with Crippen LogP contribution < -0.4 is 4.74 Å². The van der Waals surface area contributed by atoms with E-state index in [4.69, 9.17) is 14.0 Å². The highest BCUT2D eigenvalue weighted by atomic mass is 16.6. The van der Waals surface area contributed by atoms with Gasteiger partial charge in [0.25, 0.3) is 5.91 Å². The van der Waals surface area contributed by atoms with E-state index in [0.717, 1.165) is 11.3 Å². The average Bonchev–Trinajstić information content (AvgIpc) is 3.18. The molecule has 0 radical (unpaired) electrons. The predicted molar refractivity (Wildman–Crippen MR) is 101 cm³/mol. The van der Waals surface area contributed by atoms with Crippen molar-refractivity contribution in [2.45, 2.75) is 27.4 Å². The number of hydrogen-bond acceptors (Lipinski definition) is 6. The molecule has 0 unspecified atom stereocenters. The maximum Gasteiger partial charge on any atom is 0.409 e. The second kappa shape index (κ2) is 8.77. The van der Waals surface area contributed by atoms with Crippen molar-refractivity contribution >= 4 is 12.0 Å². The minimum Gasteiger partial charge on any atom is -0.486 e. The van der Waals surface area contributed by atoms with Gasteiger partial charge in [0.05, 0.1) is 6.61 Å². The predicted octanol–water partition coefficient (Wildman–Crippen LogP) is 2.78. The summed E-state index contributed by atoms with van der Waals surface area (Å²) in [5, 5.41) is 3.87. The van der Waals surface area contributed by atoms with E-state index in [-0.39, 0.29) is 24.3 Å². The number of aryl methyl sites for hydroxylation is 2. The van der Waals surface area contributed by atoms with Crippen molar-refractivity contribution < 1.29 is 23.6 Å². The van der Waals surface area contributed by atoms with Crippen LogP contribution in [0.4, 0.5) is 4.79 Å². The molecule has 3 rings (SSSR count). The van der Waals surface area contributed by atoms with Crippen LogP contribution in [0, 0.1) is 13.8 Å². The highest BCUT2D eigenvalue weighted by molar-refractivity contribution is 5.92. The van der Waals surface area contributed by atoms with Gasteiger partial charge < -0.3 is 23.8 Å². The standard InChI is InChI=1S/C20H25N3O5/c1-4-26-20(25)23-9-7-22(8-10-23)19(24)18-12-17(28-21-18)13-27-16-6-5-14(2)15(3)11-16/h5-6,11-12H,4,7-10,13H2,1-3H3. The number of rotatable bonds is 5. The van der Waals surface area contributed by atoms with E-state index in [0.29, 0.717) is 38.5 Å². The van der Waals surface area contributed by atoms with Crippen LogP contribution >= 0.6 is 0 Å². The summed E-state index contributed by atoms with van der Waals surface area (Å²) in [5.41, 5.74) is 2.58. The van der Waals surface area contributed by atoms with E-state index in [1.807, 2.05) is 32.0 Å². The number of ether oxygens (including phenoxy) is 2. The third-order valence-electron chi connectivity index (χ3n) is 4.73. The van der Waals surface area contributed by atoms with Crippen LogP contribution in [0.15, 0.2) is 28.8 Å². The van der Waals surface area contributed by atoms with Gasteiger partial charge in [-0.1, -0.05) is 11.2 Å². The zero-order chi connectivity index (χ0) is 20.1. The molecule has 1 aromatic heterocycles. The van der Waals surface area contributed by atoms with Crippen molar-refractivity contribution in [1.29, 1.82) is 0 Å². The first-order valence-corrected chi connectivity index (χ1v) is 9.34. The number of nitrogens with zero attached hydrogens (tertiary/aromatic N) is 3. The van der Waals surface area contributed by atoms with E-state index in [1.54, 1.807) is 22.8 Å². The molecule has 0 saturated carbocycles. The minimum atomic E-state index is -0.346. The molecule has 1 fully saturated rings. The molecular weight excluding hydrogens is 362 g/mol. The van der Waals surface area contributed by atoms with Crippen LogP contribution in [-0.4, -0.2) is 59.7 Å². The number of amides is 2. The van der Waals surface area contributed by atoms with Gasteiger partial charge in [0.1, 0.15) is 12.4 Å². The Kier molecular flexibility index (Phi) is 6.18. The van der Waals surface area contributed by atoms with Crippen molar-refractivity contribution in [3.05, 3.63) is 46.8 Å². The van der Waals surface area contributed by atoms with Crippen molar-refractivity contribution in [1.82, 2.24) is 15.0 Å². The van der Waals surface area contributed by atoms with Crippen molar-refractivity contribution in [3.63, 3.8) is 0 Å². The maximum atomic E-state index is 12.6. The monoisotopic (exact) mass is 387 g/mol. The van der Waals surface area contributed by atoms with E-state index >= 15 is 0 Å². The molecule has 0 spiro atoms. The molecule has 0 N–H and O–H groups in total. The summed E-state index contributed by atoms with van der Waals surface area (Å²) < 4.78 is 15.9. The fraction of sp³-hybridized carbons (Fsp3) is 0.450. The Hall–Kier alpha value is -3.03. The van der Waals surface area contributed by atoms with Gasteiger partial charge in [0.15, 0.2) is 11.5 Å². The molecule has 0 atom stereocenters. The highest BCUT2D eigenvalue weighted by Gasteiger charge is 2.27. The van der Waals surface area contributed by atoms with E-state index in [9.17, 15) is 9.59 Å². The number of piperazine rings is 1. The fourth-order valence-corrected chi connectivity index (χ4v) is 2.91. The fourth-order valence-electron chi connectivity index (χ4n) is 2.91. The second-order valence-electron chi connectivity index (χ2n) is 6.69. The largest absolute Gasteiger partial charge is 0.486 e. The molecule has 1 aliphatic heterocycles. The molecule has 2 amide bonds. The number of aromatic nitrogens is 1. The van der Waals surface area contributed by atoms with Gasteiger partial charge in [-0.25, -0.2) is 4.79 Å². The molecule has 28 heavy (non-hydrogen) atoms. The second-order valence-corrected chi connectivity index (χ2v) is 6.69. The SMILES string of the molecule is CCOC(=O)N1CCN(C(=O)c2cc(COc3ccc(C)c(C)c3)on2)CC1. The Morgan fingerprint density at radius 3 is 2.46 bits per heavy atom. The first-order chi connectivity index (χ1) is 13.5. The zero-order valence-electron chi connectivity index (χ0n) is 16.4. The molecule has 8 heteroatoms. The summed E-state index contributed by atoms with van der Waals surface area (Å²) in [4.78, 5) is 27.6. The molecule has 8 nitrogen and oxygen atoms in total. The Morgan fingerprint density at radius 1 is 1.07 bits per heavy atom. The summed E-state index contributed by atoms with van der Waals surface area (Å²) in [5.74, 6) is 0.999. The van der Waals surface area contributed by atoms with E-state index in [2.05, 4.69) is 5.16 Å². The first kappa shape index (κ1) is 19.7. The van der Waals surface area contributed by atoms with Gasteiger partial charge in [0.2, 0.25) is 0 Å². The third-order valence-corrected chi connectivity index (χ3v) is 4.73. The van der Waals surface area contributed by atoms with Gasteiger partial charge in [-0.05, 0) is 44.0 Å². The molecule has 0 aliphatic carbocycles. The van der Waals surface area contributed by atoms with Crippen molar-refractivity contribution in [2.75, 3.05) is 32.8 Å². The summed E-state index contributed by atoms with van der Waals surface area (Å²) in [6.07, 6.45) is -0.346. The van der Waals surface area contributed by atoms with Crippen molar-refractivity contribution in [2.24, 2.45) is 0 Å². The first-order valence-electron chi connectivity index (χ1n) is 9.34. The summed E-state index contributed by atoms with van der Waals surface area (Å²) in [6, 6.07) is 7.45. The maximum absolute atomic E-state index is 12.6. The van der Waals surface area contributed by atoms with Crippen LogP contribution in [0.5, 0.6) is 5.75 Å². The summed E-state index contributed by atoms with van der Waals surface area (Å²) >= 11 is 0. The van der Waals surface area contributed by atoms with Gasteiger partial charge >= 0.3 is 6.09 Å². The van der Waals surface area contributed by atoms with Gasteiger partial charge in [-0.15, -0.1) is 0 Å². The molecule has 1 aliphatic rings. The van der Waals surface area contributed by atoms with Gasteiger partial charge in [-0.2, -0.15) is 0 Å². The van der Waals surface area contributed by atoms with Crippen LogP contribution in [0.25, 0.3) is 0 Å². The molecular formula is C20H25N3O5. The average molecular weight is 387 g/mol. The van der Waals surface area contributed by atoms with Crippen LogP contribution in [-0.2, 0) is 11.3 Å². The number of hydrogen-bond donors (Lipinski definition) is 0. The molecule has 2 heterocycles. The quantitative estimate of drug-likeness (QED) is 0.784. The Bertz CT molecular complexity index is 840. The molecule has 150 valence electrons. The molecule has 1 aromatic carbocycles. The summed E-state index contributed by atoms with van der Waals surface area (Å²) in [7, 11) is 0. The lowest BCUT2D eigenvalue weighted by molar-refractivity contribution is 0.0562. The highest BCUT2D eigenvalue weighted by Crippen LogP contribution is 2.18. The number of carbonyl (C=O) groups excluding carboxylic acids is 2. The topological polar surface area (TPSA) is 85.1 Å². The van der Waals surface area contributed by atoms with Crippen molar-refractivity contribution in [3.8, 4) is 5.75 Å². The normalized spacial score (nSPS) is 14.1. The third kappa shape index (κ3) is 4.62. The van der Waals surface area contributed by atoms with E-state index < -0.39 is 0 Å². The molecule has 1 saturated heterocycles. The van der Waals surface area contributed by atoms with Crippen LogP contribution in [0.2, 0.25) is 0 Å². The summed E-state index contributed by atoms with van der Waals surface area (Å²) in [6.45, 7) is 8.09. The number of carbonyl (C=O) groups is 2. The number of benzene rings is 1. The zero-order valence-corrected chi connectivity index (χ0v) is 16.4. The molecule has 0 bridgehead atoms. The smallest absolute Gasteiger partial charge is 0.409 e. The Labute approximate surface area is 164 Å². The Morgan fingerprint density at radius 2 is 1.79 bits per heavy atom.